The topological polar surface area (TPSA) is 83.9 Å². The number of hydrogen-bond donors (Lipinski definition) is 2. The lowest BCUT2D eigenvalue weighted by atomic mass is 9.41. The lowest BCUT2D eigenvalue weighted by molar-refractivity contribution is -0.249. The molecule has 8 nitrogen and oxygen atoms in total. The third-order valence-corrected chi connectivity index (χ3v) is 17.2. The predicted molar refractivity (Wildman–Crippen MR) is 190 cm³/mol. The minimum atomic E-state index is -1.02. The van der Waals surface area contributed by atoms with E-state index in [2.05, 4.69) is 44.4 Å². The Labute approximate surface area is 301 Å². The number of rotatable bonds is 9. The van der Waals surface area contributed by atoms with Crippen molar-refractivity contribution in [3.63, 3.8) is 0 Å². The maximum absolute atomic E-state index is 13.3. The molecule has 3 heterocycles. The standard InChI is InChI=1S/C41H69FN2O6/c1-9-47-35(37(5,6)46)27-20-25(2)32-33(49-27)34(45)39(8)29-11-10-28-36(3,4)30(12-13-40(28)24-41(29,40)15-14-38(32,39)7)50-31-23-43(18-19-48-31)16-17-44-21-26(42)22-44/h25-35,45-46H,9-24H2,1-8H3/t25-,27-,28+,29+,30+,31+,32+,33+,34+,35+,38-,39-,40-,41+/m1/s1. The van der Waals surface area contributed by atoms with Gasteiger partial charge >= 0.3 is 0 Å². The first kappa shape index (κ1) is 36.6. The fraction of sp³-hybridized carbons (Fsp3) is 1.00. The summed E-state index contributed by atoms with van der Waals surface area (Å²) in [5.41, 5.74) is -0.561. The summed E-state index contributed by atoms with van der Waals surface area (Å²) in [6.07, 6.45) is 7.13. The molecule has 2 N–H and O–H groups in total. The van der Waals surface area contributed by atoms with E-state index in [4.69, 9.17) is 18.9 Å². The van der Waals surface area contributed by atoms with Crippen molar-refractivity contribution in [1.29, 1.82) is 0 Å². The van der Waals surface area contributed by atoms with Crippen LogP contribution >= 0.6 is 0 Å². The molecule has 50 heavy (non-hydrogen) atoms. The van der Waals surface area contributed by atoms with E-state index in [-0.39, 0.29) is 46.3 Å². The second-order valence-corrected chi connectivity index (χ2v) is 20.2. The first-order valence-corrected chi connectivity index (χ1v) is 20.5. The van der Waals surface area contributed by atoms with Crippen LogP contribution < -0.4 is 0 Å². The zero-order chi connectivity index (χ0) is 35.6. The fourth-order valence-electron chi connectivity index (χ4n) is 14.8. The Kier molecular flexibility index (Phi) is 9.01. The quantitative estimate of drug-likeness (QED) is 0.318. The molecule has 0 amide bonds. The van der Waals surface area contributed by atoms with Crippen LogP contribution in [0.2, 0.25) is 0 Å². The summed E-state index contributed by atoms with van der Waals surface area (Å²) in [5, 5.41) is 23.7. The summed E-state index contributed by atoms with van der Waals surface area (Å²) < 4.78 is 39.6. The molecular weight excluding hydrogens is 635 g/mol. The van der Waals surface area contributed by atoms with Gasteiger partial charge in [0.25, 0.3) is 0 Å². The lowest BCUT2D eigenvalue weighted by Crippen LogP contribution is -2.60. The Morgan fingerprint density at radius 1 is 0.960 bits per heavy atom. The molecule has 5 saturated carbocycles. The van der Waals surface area contributed by atoms with Crippen LogP contribution in [0.4, 0.5) is 4.39 Å². The third kappa shape index (κ3) is 5.16. The van der Waals surface area contributed by atoms with Gasteiger partial charge in [-0.25, -0.2) is 4.39 Å². The molecule has 8 fully saturated rings. The van der Waals surface area contributed by atoms with E-state index in [1.165, 1.54) is 25.7 Å². The number of likely N-dealkylation sites (tertiary alicyclic amines) is 1. The highest BCUT2D eigenvalue weighted by Gasteiger charge is 2.84. The molecule has 0 unspecified atom stereocenters. The Morgan fingerprint density at radius 2 is 1.66 bits per heavy atom. The molecule has 2 spiro atoms. The molecule has 5 aliphatic carbocycles. The van der Waals surface area contributed by atoms with Crippen molar-refractivity contribution in [2.75, 3.05) is 52.5 Å². The highest BCUT2D eigenvalue weighted by atomic mass is 19.1. The molecular formula is C41H69FN2O6. The monoisotopic (exact) mass is 705 g/mol. The minimum Gasteiger partial charge on any atom is -0.390 e. The van der Waals surface area contributed by atoms with E-state index in [1.54, 1.807) is 0 Å². The summed E-state index contributed by atoms with van der Waals surface area (Å²) in [6.45, 7) is 23.9. The average molecular weight is 705 g/mol. The van der Waals surface area contributed by atoms with Gasteiger partial charge in [-0.05, 0) is 117 Å². The van der Waals surface area contributed by atoms with Gasteiger partial charge in [-0.3, -0.25) is 9.80 Å². The number of aliphatic hydroxyl groups is 2. The largest absolute Gasteiger partial charge is 0.390 e. The van der Waals surface area contributed by atoms with Gasteiger partial charge in [-0.15, -0.1) is 0 Å². The molecule has 0 aromatic heterocycles. The zero-order valence-corrected chi connectivity index (χ0v) is 32.5. The van der Waals surface area contributed by atoms with Crippen LogP contribution in [0.25, 0.3) is 0 Å². The van der Waals surface area contributed by atoms with Gasteiger partial charge in [0.1, 0.15) is 12.3 Å². The Bertz CT molecular complexity index is 1270. The fourth-order valence-corrected chi connectivity index (χ4v) is 14.8. The normalized spacial score (nSPS) is 51.1. The molecule has 3 saturated heterocycles. The lowest BCUT2D eigenvalue weighted by Gasteiger charge is -2.64. The number of alkyl halides is 1. The van der Waals surface area contributed by atoms with Crippen LogP contribution in [-0.4, -0.2) is 121 Å². The maximum Gasteiger partial charge on any atom is 0.170 e. The van der Waals surface area contributed by atoms with E-state index in [9.17, 15) is 14.6 Å². The minimum absolute atomic E-state index is 0.00705. The third-order valence-electron chi connectivity index (χ3n) is 17.2. The van der Waals surface area contributed by atoms with Gasteiger partial charge in [-0.2, -0.15) is 0 Å². The number of ether oxygens (including phenoxy) is 4. The molecule has 0 aromatic rings. The predicted octanol–water partition coefficient (Wildman–Crippen LogP) is 5.67. The molecule has 14 atom stereocenters. The van der Waals surface area contributed by atoms with E-state index in [0.29, 0.717) is 55.4 Å². The average Bonchev–Trinajstić information content (AvgIpc) is 3.67. The number of morpholine rings is 1. The van der Waals surface area contributed by atoms with Crippen LogP contribution in [0.1, 0.15) is 107 Å². The van der Waals surface area contributed by atoms with Crippen molar-refractivity contribution in [2.45, 2.75) is 155 Å². The van der Waals surface area contributed by atoms with Gasteiger partial charge < -0.3 is 29.2 Å². The molecule has 9 heteroatoms. The molecule has 0 bridgehead atoms. The second-order valence-electron chi connectivity index (χ2n) is 20.2. The van der Waals surface area contributed by atoms with E-state index < -0.39 is 24.0 Å². The number of aliphatic hydroxyl groups excluding tert-OH is 1. The van der Waals surface area contributed by atoms with Crippen LogP contribution in [0.3, 0.4) is 0 Å². The number of nitrogens with zero attached hydrogens (tertiary/aromatic N) is 2. The molecule has 286 valence electrons. The number of hydrogen-bond acceptors (Lipinski definition) is 8. The first-order chi connectivity index (χ1) is 23.5. The first-order valence-electron chi connectivity index (χ1n) is 20.5. The van der Waals surface area contributed by atoms with Gasteiger partial charge in [0, 0.05) is 51.3 Å². The van der Waals surface area contributed by atoms with Crippen molar-refractivity contribution < 1.29 is 33.6 Å². The van der Waals surface area contributed by atoms with Gasteiger partial charge in [0.2, 0.25) is 0 Å². The molecule has 3 aliphatic heterocycles. The van der Waals surface area contributed by atoms with E-state index in [0.717, 1.165) is 51.9 Å². The van der Waals surface area contributed by atoms with E-state index >= 15 is 0 Å². The van der Waals surface area contributed by atoms with Crippen molar-refractivity contribution in [3.8, 4) is 0 Å². The molecule has 8 rings (SSSR count). The molecule has 0 aromatic carbocycles. The van der Waals surface area contributed by atoms with Crippen LogP contribution in [0, 0.1) is 50.7 Å². The summed E-state index contributed by atoms with van der Waals surface area (Å²) in [5.74, 6) is 1.78. The van der Waals surface area contributed by atoms with Crippen molar-refractivity contribution in [2.24, 2.45) is 50.7 Å². The SMILES string of the molecule is CCO[C@@H]([C@H]1C[C@@H](C)[C@H]2[C@H](O1)[C@H](O)[C@@]1(C)[C@@H]3CC[C@H]4C(C)(C)[C@@H](O[C@H]5CN(CCN6CC(F)C6)CCO5)CC[C@@]45C[C@@]35CC[C@]21C)C(C)(C)O. The van der Waals surface area contributed by atoms with Crippen LogP contribution in [0.15, 0.2) is 0 Å². The maximum atomic E-state index is 13.3. The van der Waals surface area contributed by atoms with Gasteiger partial charge in [0.15, 0.2) is 6.29 Å². The Balaban J connectivity index is 0.979. The van der Waals surface area contributed by atoms with Crippen molar-refractivity contribution in [3.05, 3.63) is 0 Å². The highest BCUT2D eigenvalue weighted by molar-refractivity contribution is 5.33. The summed E-state index contributed by atoms with van der Waals surface area (Å²) in [4.78, 5) is 4.64. The summed E-state index contributed by atoms with van der Waals surface area (Å²) >= 11 is 0. The summed E-state index contributed by atoms with van der Waals surface area (Å²) in [6, 6.07) is 0. The number of halogens is 1. The summed E-state index contributed by atoms with van der Waals surface area (Å²) in [7, 11) is 0. The highest BCUT2D eigenvalue weighted by Crippen LogP contribution is 2.89. The smallest absolute Gasteiger partial charge is 0.170 e. The Hall–Kier alpha value is -0.390. The van der Waals surface area contributed by atoms with Crippen molar-refractivity contribution in [1.82, 2.24) is 9.80 Å². The van der Waals surface area contributed by atoms with Crippen LogP contribution in [-0.2, 0) is 18.9 Å². The molecule has 8 aliphatic rings. The van der Waals surface area contributed by atoms with Crippen molar-refractivity contribution >= 4 is 0 Å². The zero-order valence-electron chi connectivity index (χ0n) is 32.5. The van der Waals surface area contributed by atoms with Gasteiger partial charge in [0.05, 0.1) is 36.6 Å². The molecule has 0 radical (unpaired) electrons. The van der Waals surface area contributed by atoms with Gasteiger partial charge in [-0.1, -0.05) is 34.6 Å². The van der Waals surface area contributed by atoms with E-state index in [1.807, 2.05) is 20.8 Å². The Morgan fingerprint density at radius 3 is 2.36 bits per heavy atom. The van der Waals surface area contributed by atoms with Crippen LogP contribution in [0.5, 0.6) is 0 Å². The second kappa shape index (κ2) is 12.3. The number of fused-ring (bicyclic) bond motifs is 4.